The Morgan fingerprint density at radius 2 is 1.92 bits per heavy atom. The molecule has 1 amide bonds. The van der Waals surface area contributed by atoms with Gasteiger partial charge in [0.05, 0.1) is 18.0 Å². The Bertz CT molecular complexity index is 1310. The van der Waals surface area contributed by atoms with Crippen molar-refractivity contribution in [3.8, 4) is 17.0 Å². The number of piperidine rings is 1. The first-order valence-corrected chi connectivity index (χ1v) is 13.8. The van der Waals surface area contributed by atoms with Crippen LogP contribution < -0.4 is 9.64 Å². The van der Waals surface area contributed by atoms with Crippen LogP contribution in [-0.2, 0) is 11.8 Å². The molecule has 9 heteroatoms. The zero-order valence-corrected chi connectivity index (χ0v) is 22.4. The first-order valence-electron chi connectivity index (χ1n) is 13.0. The second-order valence-corrected chi connectivity index (χ2v) is 12.3. The number of aliphatic hydroxyl groups excluding tert-OH is 1. The van der Waals surface area contributed by atoms with Gasteiger partial charge in [-0.1, -0.05) is 32.9 Å². The number of hydrogen-bond acceptors (Lipinski definition) is 8. The molecular weight excluding hydrogens is 486 g/mol. The normalized spacial score (nSPS) is 20.8. The predicted octanol–water partition coefficient (Wildman–Crippen LogP) is 4.08. The van der Waals surface area contributed by atoms with E-state index in [2.05, 4.69) is 41.1 Å². The lowest BCUT2D eigenvalue weighted by Crippen LogP contribution is -2.47. The summed E-state index contributed by atoms with van der Waals surface area (Å²) in [5.74, 6) is 1.75. The van der Waals surface area contributed by atoms with Crippen molar-refractivity contribution < 1.29 is 14.6 Å². The minimum Gasteiger partial charge on any atom is -0.485 e. The molecule has 37 heavy (non-hydrogen) atoms. The lowest BCUT2D eigenvalue weighted by atomic mass is 9.87. The van der Waals surface area contributed by atoms with E-state index in [4.69, 9.17) is 9.72 Å². The third kappa shape index (κ3) is 4.70. The third-order valence-corrected chi connectivity index (χ3v) is 8.47. The fraction of sp³-hybridized carbons (Fsp3) is 0.500. The highest BCUT2D eigenvalue weighted by Gasteiger charge is 2.43. The van der Waals surface area contributed by atoms with Gasteiger partial charge in [0.25, 0.3) is 5.91 Å². The summed E-state index contributed by atoms with van der Waals surface area (Å²) >= 11 is 1.49. The number of β-amino-alcohol motifs (C(OH)–C–C–N with tert-alkyl or cyclic N) is 1. The molecule has 3 aliphatic heterocycles. The number of hydrogen-bond donors (Lipinski definition) is 1. The summed E-state index contributed by atoms with van der Waals surface area (Å²) < 4.78 is 11.1. The van der Waals surface area contributed by atoms with Gasteiger partial charge < -0.3 is 19.6 Å². The lowest BCUT2D eigenvalue weighted by Gasteiger charge is -2.38. The van der Waals surface area contributed by atoms with E-state index in [9.17, 15) is 9.90 Å². The molecule has 2 aromatic heterocycles. The smallest absolute Gasteiger partial charge is 0.253 e. The molecule has 0 bridgehead atoms. The van der Waals surface area contributed by atoms with E-state index in [0.29, 0.717) is 25.1 Å². The largest absolute Gasteiger partial charge is 0.485 e. The quantitative estimate of drug-likeness (QED) is 0.558. The molecule has 5 heterocycles. The minimum absolute atomic E-state index is 0.0325. The van der Waals surface area contributed by atoms with Crippen molar-refractivity contribution in [2.24, 2.45) is 0 Å². The van der Waals surface area contributed by atoms with Crippen LogP contribution in [0, 0.1) is 0 Å². The monoisotopic (exact) mass is 519 g/mol. The van der Waals surface area contributed by atoms with Gasteiger partial charge in [-0.05, 0) is 24.6 Å². The van der Waals surface area contributed by atoms with Crippen LogP contribution in [0.3, 0.4) is 0 Å². The van der Waals surface area contributed by atoms with Gasteiger partial charge in [-0.3, -0.25) is 9.78 Å². The lowest BCUT2D eigenvalue weighted by molar-refractivity contribution is 0.0665. The van der Waals surface area contributed by atoms with Crippen molar-refractivity contribution in [1.82, 2.24) is 19.2 Å². The molecule has 2 saturated heterocycles. The Morgan fingerprint density at radius 1 is 1.16 bits per heavy atom. The van der Waals surface area contributed by atoms with E-state index in [0.717, 1.165) is 60.3 Å². The number of benzene rings is 1. The van der Waals surface area contributed by atoms with Crippen LogP contribution >= 0.6 is 11.5 Å². The summed E-state index contributed by atoms with van der Waals surface area (Å²) in [6.07, 6.45) is 4.82. The number of likely N-dealkylation sites (tertiary alicyclic amines) is 1. The highest BCUT2D eigenvalue weighted by molar-refractivity contribution is 7.09. The summed E-state index contributed by atoms with van der Waals surface area (Å²) in [4.78, 5) is 26.2. The Balaban J connectivity index is 1.11. The number of carbonyl (C=O) groups is 1. The number of pyridine rings is 1. The molecule has 1 N–H and O–H groups in total. The number of nitrogens with zero attached hydrogens (tertiary/aromatic N) is 5. The van der Waals surface area contributed by atoms with E-state index >= 15 is 0 Å². The average molecular weight is 520 g/mol. The molecule has 2 fully saturated rings. The Hall–Kier alpha value is -3.04. The predicted molar refractivity (Wildman–Crippen MR) is 143 cm³/mol. The summed E-state index contributed by atoms with van der Waals surface area (Å²) in [6, 6.07) is 9.73. The third-order valence-electron chi connectivity index (χ3n) is 7.70. The second-order valence-electron chi connectivity index (χ2n) is 11.5. The van der Waals surface area contributed by atoms with Gasteiger partial charge >= 0.3 is 0 Å². The van der Waals surface area contributed by atoms with Gasteiger partial charge in [0.2, 0.25) is 5.13 Å². The Labute approximate surface area is 221 Å². The first kappa shape index (κ1) is 24.3. The van der Waals surface area contributed by atoms with E-state index in [-0.39, 0.29) is 16.9 Å². The van der Waals surface area contributed by atoms with Crippen molar-refractivity contribution in [1.29, 1.82) is 0 Å². The number of amides is 1. The standard InChI is InChI=1S/C28H33N5O3S/c1-27(2,3)25-30-26(37-31-25)32-12-9-28(10-13-32)15-20-14-22(29-16-23(20)36-28)18-4-6-19(7-5-18)24(35)33-11-8-21(34)17-33/h4-7,14,16,21,34H,8-13,15,17H2,1-3H3/t21-/m1/s1. The van der Waals surface area contributed by atoms with Crippen molar-refractivity contribution >= 4 is 22.6 Å². The van der Waals surface area contributed by atoms with Crippen molar-refractivity contribution in [2.75, 3.05) is 31.1 Å². The highest BCUT2D eigenvalue weighted by Crippen LogP contribution is 2.42. The topological polar surface area (TPSA) is 91.7 Å². The van der Waals surface area contributed by atoms with Gasteiger partial charge in [-0.2, -0.15) is 4.37 Å². The fourth-order valence-corrected chi connectivity index (χ4v) is 6.32. The average Bonchev–Trinajstić information content (AvgIpc) is 3.62. The van der Waals surface area contributed by atoms with Crippen molar-refractivity contribution in [2.45, 2.75) is 63.6 Å². The van der Waals surface area contributed by atoms with Gasteiger partial charge in [0.15, 0.2) is 0 Å². The number of aliphatic hydroxyl groups is 1. The molecule has 6 rings (SSSR count). The first-order chi connectivity index (χ1) is 17.7. The fourth-order valence-electron chi connectivity index (χ4n) is 5.41. The molecule has 1 atom stereocenters. The molecule has 3 aromatic rings. The van der Waals surface area contributed by atoms with Crippen LogP contribution in [0.4, 0.5) is 5.13 Å². The maximum atomic E-state index is 12.7. The summed E-state index contributed by atoms with van der Waals surface area (Å²) in [5, 5.41) is 10.7. The van der Waals surface area contributed by atoms with Crippen molar-refractivity contribution in [3.05, 3.63) is 53.5 Å². The van der Waals surface area contributed by atoms with Crippen LogP contribution in [0.2, 0.25) is 0 Å². The molecule has 0 unspecified atom stereocenters. The molecule has 3 aliphatic rings. The molecule has 8 nitrogen and oxygen atoms in total. The number of ether oxygens (including phenoxy) is 1. The number of anilines is 1. The number of carbonyl (C=O) groups excluding carboxylic acids is 1. The van der Waals surface area contributed by atoms with Crippen LogP contribution in [0.1, 0.15) is 61.8 Å². The number of fused-ring (bicyclic) bond motifs is 1. The maximum absolute atomic E-state index is 12.7. The Morgan fingerprint density at radius 3 is 2.57 bits per heavy atom. The minimum atomic E-state index is -0.415. The molecule has 0 aliphatic carbocycles. The van der Waals surface area contributed by atoms with E-state index in [1.807, 2.05) is 30.5 Å². The van der Waals surface area contributed by atoms with Crippen LogP contribution in [0.25, 0.3) is 11.3 Å². The summed E-state index contributed by atoms with van der Waals surface area (Å²) in [6.45, 7) is 9.24. The zero-order valence-electron chi connectivity index (χ0n) is 21.6. The highest BCUT2D eigenvalue weighted by atomic mass is 32.1. The second kappa shape index (κ2) is 9.06. The maximum Gasteiger partial charge on any atom is 0.253 e. The van der Waals surface area contributed by atoms with Crippen LogP contribution in [-0.4, -0.2) is 68.1 Å². The summed E-state index contributed by atoms with van der Waals surface area (Å²) in [7, 11) is 0. The van der Waals surface area contributed by atoms with Crippen LogP contribution in [0.5, 0.6) is 5.75 Å². The van der Waals surface area contributed by atoms with E-state index in [1.54, 1.807) is 4.90 Å². The summed E-state index contributed by atoms with van der Waals surface area (Å²) in [5.41, 5.74) is 3.46. The van der Waals surface area contributed by atoms with Gasteiger partial charge in [0, 0.05) is 79.1 Å². The van der Waals surface area contributed by atoms with Gasteiger partial charge in [-0.15, -0.1) is 0 Å². The molecule has 0 saturated carbocycles. The number of rotatable bonds is 3. The molecular formula is C28H33N5O3S. The molecule has 1 aromatic carbocycles. The van der Waals surface area contributed by atoms with Crippen molar-refractivity contribution in [3.63, 3.8) is 0 Å². The van der Waals surface area contributed by atoms with Gasteiger partial charge in [-0.25, -0.2) is 4.98 Å². The van der Waals surface area contributed by atoms with E-state index in [1.165, 1.54) is 17.1 Å². The molecule has 1 spiro atoms. The van der Waals surface area contributed by atoms with E-state index < -0.39 is 6.10 Å². The zero-order chi connectivity index (χ0) is 25.8. The van der Waals surface area contributed by atoms with Gasteiger partial charge in [0.1, 0.15) is 17.2 Å². The molecule has 0 radical (unpaired) electrons. The SMILES string of the molecule is CC(C)(C)c1nsc(N2CCC3(CC2)Cc2cc(-c4ccc(C(=O)N5CC[C@@H](O)C5)cc4)ncc2O3)n1. The molecule has 194 valence electrons. The number of aromatic nitrogens is 3. The Kier molecular flexibility index (Phi) is 5.95. The van der Waals surface area contributed by atoms with Crippen LogP contribution in [0.15, 0.2) is 36.5 Å².